The van der Waals surface area contributed by atoms with Crippen molar-refractivity contribution in [1.29, 1.82) is 0 Å². The zero-order valence-corrected chi connectivity index (χ0v) is 18.7. The molecule has 0 bridgehead atoms. The Morgan fingerprint density at radius 2 is 1.69 bits per heavy atom. The van der Waals surface area contributed by atoms with Gasteiger partial charge in [-0.3, -0.25) is 9.69 Å². The topological polar surface area (TPSA) is 32.3 Å². The van der Waals surface area contributed by atoms with Gasteiger partial charge in [-0.05, 0) is 47.8 Å². The first-order valence-corrected chi connectivity index (χ1v) is 11.9. The van der Waals surface area contributed by atoms with Gasteiger partial charge >= 0.3 is 0 Å². The predicted molar refractivity (Wildman–Crippen MR) is 125 cm³/mol. The summed E-state index contributed by atoms with van der Waals surface area (Å²) in [6.07, 6.45) is 0. The van der Waals surface area contributed by atoms with Crippen molar-refractivity contribution in [2.24, 2.45) is 0 Å². The van der Waals surface area contributed by atoms with Crippen molar-refractivity contribution < 1.29 is 4.79 Å². The molecule has 3 aromatic rings. The highest BCUT2D eigenvalue weighted by Gasteiger charge is 2.11. The second-order valence-electron chi connectivity index (χ2n) is 6.82. The lowest BCUT2D eigenvalue weighted by Crippen LogP contribution is -2.23. The highest BCUT2D eigenvalue weighted by molar-refractivity contribution is 7.98. The molecule has 0 unspecified atom stereocenters. The van der Waals surface area contributed by atoms with Gasteiger partial charge in [-0.2, -0.15) is 0 Å². The van der Waals surface area contributed by atoms with E-state index in [4.69, 9.17) is 0 Å². The van der Waals surface area contributed by atoms with Crippen LogP contribution in [-0.2, 0) is 18.8 Å². The van der Waals surface area contributed by atoms with Crippen LogP contribution in [0.3, 0.4) is 0 Å². The van der Waals surface area contributed by atoms with Gasteiger partial charge in [0.05, 0.1) is 5.56 Å². The third kappa shape index (κ3) is 6.46. The number of hydrogen-bond donors (Lipinski definition) is 1. The Bertz CT molecular complexity index is 888. The molecule has 29 heavy (non-hydrogen) atoms. The third-order valence-electron chi connectivity index (χ3n) is 4.86. The monoisotopic (exact) mass is 424 g/mol. The second kappa shape index (κ2) is 11.2. The minimum absolute atomic E-state index is 0.0218. The van der Waals surface area contributed by atoms with E-state index in [1.807, 2.05) is 24.3 Å². The van der Waals surface area contributed by atoms with E-state index < -0.39 is 0 Å². The summed E-state index contributed by atoms with van der Waals surface area (Å²) >= 11 is 3.46. The lowest BCUT2D eigenvalue weighted by Gasteiger charge is -2.18. The van der Waals surface area contributed by atoms with Crippen LogP contribution in [0.4, 0.5) is 0 Å². The molecule has 0 saturated heterocycles. The van der Waals surface area contributed by atoms with E-state index in [-0.39, 0.29) is 5.91 Å². The van der Waals surface area contributed by atoms with Crippen LogP contribution in [0.15, 0.2) is 70.9 Å². The van der Waals surface area contributed by atoms with E-state index >= 15 is 0 Å². The van der Waals surface area contributed by atoms with Crippen LogP contribution < -0.4 is 5.32 Å². The van der Waals surface area contributed by atoms with Gasteiger partial charge in [0.1, 0.15) is 0 Å². The summed E-state index contributed by atoms with van der Waals surface area (Å²) in [6.45, 7) is 7.98. The zero-order chi connectivity index (χ0) is 20.5. The number of hydrogen-bond acceptors (Lipinski definition) is 4. The number of amides is 1. The fraction of sp³-hybridized carbons (Fsp3) is 0.292. The molecular weight excluding hydrogens is 396 g/mol. The van der Waals surface area contributed by atoms with Crippen LogP contribution in [0.5, 0.6) is 0 Å². The van der Waals surface area contributed by atoms with Crippen molar-refractivity contribution in [3.05, 3.63) is 87.6 Å². The SMILES string of the molecule is CCN(CC)Cc1ccc(CNC(=O)c2ccccc2SCc2cccs2)cc1. The summed E-state index contributed by atoms with van der Waals surface area (Å²) in [5.41, 5.74) is 3.16. The highest BCUT2D eigenvalue weighted by atomic mass is 32.2. The summed E-state index contributed by atoms with van der Waals surface area (Å²) in [4.78, 5) is 17.5. The van der Waals surface area contributed by atoms with E-state index in [1.54, 1.807) is 23.1 Å². The van der Waals surface area contributed by atoms with Crippen molar-refractivity contribution in [2.75, 3.05) is 13.1 Å². The molecule has 1 aromatic heterocycles. The molecule has 2 aromatic carbocycles. The van der Waals surface area contributed by atoms with E-state index in [0.717, 1.165) is 41.4 Å². The average molecular weight is 425 g/mol. The molecule has 0 aliphatic heterocycles. The van der Waals surface area contributed by atoms with Crippen molar-refractivity contribution in [2.45, 2.75) is 37.6 Å². The average Bonchev–Trinajstić information content (AvgIpc) is 3.29. The zero-order valence-electron chi connectivity index (χ0n) is 17.1. The van der Waals surface area contributed by atoms with Gasteiger partial charge in [0.2, 0.25) is 0 Å². The minimum atomic E-state index is -0.0218. The Hall–Kier alpha value is -2.08. The first-order valence-electron chi connectivity index (χ1n) is 10.0. The van der Waals surface area contributed by atoms with Gasteiger partial charge in [0.25, 0.3) is 5.91 Å². The molecular formula is C24H28N2OS2. The maximum absolute atomic E-state index is 12.8. The van der Waals surface area contributed by atoms with Gasteiger partial charge in [0, 0.05) is 28.6 Å². The van der Waals surface area contributed by atoms with E-state index in [0.29, 0.717) is 6.54 Å². The lowest BCUT2D eigenvalue weighted by atomic mass is 10.1. The number of carbonyl (C=O) groups excluding carboxylic acids is 1. The lowest BCUT2D eigenvalue weighted by molar-refractivity contribution is 0.0948. The summed E-state index contributed by atoms with van der Waals surface area (Å²) in [6, 6.07) is 20.6. The Kier molecular flexibility index (Phi) is 8.35. The molecule has 1 amide bonds. The molecule has 0 aliphatic rings. The fourth-order valence-electron chi connectivity index (χ4n) is 3.07. The van der Waals surface area contributed by atoms with Crippen LogP contribution >= 0.6 is 23.1 Å². The van der Waals surface area contributed by atoms with Crippen molar-refractivity contribution >= 4 is 29.0 Å². The van der Waals surface area contributed by atoms with Crippen LogP contribution in [-0.4, -0.2) is 23.9 Å². The molecule has 0 radical (unpaired) electrons. The molecule has 0 atom stereocenters. The smallest absolute Gasteiger partial charge is 0.252 e. The van der Waals surface area contributed by atoms with E-state index in [1.165, 1.54) is 10.4 Å². The molecule has 3 nitrogen and oxygen atoms in total. The summed E-state index contributed by atoms with van der Waals surface area (Å²) in [5, 5.41) is 5.16. The Labute approximate surface area is 182 Å². The maximum Gasteiger partial charge on any atom is 0.252 e. The second-order valence-corrected chi connectivity index (χ2v) is 8.87. The molecule has 0 saturated carbocycles. The number of nitrogens with zero attached hydrogens (tertiary/aromatic N) is 1. The Morgan fingerprint density at radius 1 is 0.966 bits per heavy atom. The van der Waals surface area contributed by atoms with E-state index in [9.17, 15) is 4.79 Å². The van der Waals surface area contributed by atoms with Crippen LogP contribution in [0.2, 0.25) is 0 Å². The number of nitrogens with one attached hydrogen (secondary N) is 1. The third-order valence-corrected chi connectivity index (χ3v) is 7.04. The largest absolute Gasteiger partial charge is 0.348 e. The maximum atomic E-state index is 12.8. The number of rotatable bonds is 10. The van der Waals surface area contributed by atoms with Crippen molar-refractivity contribution in [1.82, 2.24) is 10.2 Å². The normalized spacial score (nSPS) is 11.0. The quantitative estimate of drug-likeness (QED) is 0.417. The van der Waals surface area contributed by atoms with Gasteiger partial charge in [-0.1, -0.05) is 56.3 Å². The van der Waals surface area contributed by atoms with Crippen LogP contribution in [0, 0.1) is 0 Å². The predicted octanol–water partition coefficient (Wildman–Crippen LogP) is 5.81. The number of thiophene rings is 1. The van der Waals surface area contributed by atoms with Crippen LogP contribution in [0.1, 0.15) is 40.2 Å². The summed E-state index contributed by atoms with van der Waals surface area (Å²) < 4.78 is 0. The van der Waals surface area contributed by atoms with Gasteiger partial charge < -0.3 is 5.32 Å². The number of thioether (sulfide) groups is 1. The van der Waals surface area contributed by atoms with Gasteiger partial charge in [0.15, 0.2) is 0 Å². The van der Waals surface area contributed by atoms with Crippen LogP contribution in [0.25, 0.3) is 0 Å². The van der Waals surface area contributed by atoms with Crippen molar-refractivity contribution in [3.63, 3.8) is 0 Å². The standard InChI is InChI=1S/C24H28N2OS2/c1-3-26(4-2)17-20-13-11-19(12-14-20)16-25-24(27)22-9-5-6-10-23(22)29-18-21-8-7-15-28-21/h5-15H,3-4,16-18H2,1-2H3,(H,25,27). The summed E-state index contributed by atoms with van der Waals surface area (Å²) in [7, 11) is 0. The fourth-order valence-corrected chi connectivity index (χ4v) is 4.89. The number of benzene rings is 2. The molecule has 152 valence electrons. The summed E-state index contributed by atoms with van der Waals surface area (Å²) in [5.74, 6) is 0.863. The molecule has 1 N–H and O–H groups in total. The number of carbonyl (C=O) groups is 1. The Morgan fingerprint density at radius 3 is 2.38 bits per heavy atom. The van der Waals surface area contributed by atoms with Crippen molar-refractivity contribution in [3.8, 4) is 0 Å². The van der Waals surface area contributed by atoms with Gasteiger partial charge in [-0.25, -0.2) is 0 Å². The van der Waals surface area contributed by atoms with Gasteiger partial charge in [-0.15, -0.1) is 23.1 Å². The molecule has 1 heterocycles. The molecule has 0 spiro atoms. The molecule has 5 heteroatoms. The molecule has 3 rings (SSSR count). The van der Waals surface area contributed by atoms with E-state index in [2.05, 4.69) is 65.8 Å². The first kappa shape index (κ1) is 21.6. The first-order chi connectivity index (χ1) is 14.2. The minimum Gasteiger partial charge on any atom is -0.348 e. The molecule has 0 aliphatic carbocycles. The Balaban J connectivity index is 1.56. The highest BCUT2D eigenvalue weighted by Crippen LogP contribution is 2.28. The molecule has 0 fully saturated rings.